The van der Waals surface area contributed by atoms with Crippen molar-refractivity contribution in [3.05, 3.63) is 106 Å². The van der Waals surface area contributed by atoms with Gasteiger partial charge in [0.15, 0.2) is 0 Å². The van der Waals surface area contributed by atoms with Crippen LogP contribution in [0.2, 0.25) is 0 Å². The van der Waals surface area contributed by atoms with Crippen molar-refractivity contribution in [2.45, 2.75) is 6.61 Å². The van der Waals surface area contributed by atoms with Crippen LogP contribution in [0.4, 0.5) is 5.69 Å². The number of hydrogen-bond donors (Lipinski definition) is 2. The predicted octanol–water partition coefficient (Wildman–Crippen LogP) is 3.99. The number of furan rings is 1. The largest absolute Gasteiger partial charge is 0.489 e. The van der Waals surface area contributed by atoms with Gasteiger partial charge in [-0.05, 0) is 24.3 Å². The molecule has 9 nitrogen and oxygen atoms in total. The fourth-order valence-electron chi connectivity index (χ4n) is 3.10. The second kappa shape index (κ2) is 9.00. The molecule has 0 radical (unpaired) electrons. The zero-order chi connectivity index (χ0) is 22.5. The van der Waals surface area contributed by atoms with Crippen molar-refractivity contribution in [3.8, 4) is 5.75 Å². The van der Waals surface area contributed by atoms with Crippen molar-refractivity contribution >= 4 is 28.5 Å². The van der Waals surface area contributed by atoms with E-state index >= 15 is 0 Å². The van der Waals surface area contributed by atoms with Gasteiger partial charge in [0.2, 0.25) is 5.76 Å². The van der Waals surface area contributed by atoms with Gasteiger partial charge in [-0.1, -0.05) is 42.5 Å². The van der Waals surface area contributed by atoms with E-state index in [9.17, 15) is 19.7 Å². The van der Waals surface area contributed by atoms with Crippen LogP contribution in [-0.4, -0.2) is 16.7 Å². The molecule has 0 aliphatic rings. The first-order chi connectivity index (χ1) is 15.5. The van der Waals surface area contributed by atoms with Crippen molar-refractivity contribution in [2.24, 2.45) is 0 Å². The molecule has 32 heavy (non-hydrogen) atoms. The maximum absolute atomic E-state index is 12.8. The highest BCUT2D eigenvalue weighted by atomic mass is 16.6. The number of non-ortho nitro benzene ring substituents is 1. The highest BCUT2D eigenvalue weighted by Gasteiger charge is 2.22. The molecule has 9 heteroatoms. The lowest BCUT2D eigenvalue weighted by molar-refractivity contribution is -0.384. The van der Waals surface area contributed by atoms with E-state index in [1.54, 1.807) is 30.3 Å². The van der Waals surface area contributed by atoms with Crippen LogP contribution >= 0.6 is 0 Å². The van der Waals surface area contributed by atoms with Gasteiger partial charge in [-0.3, -0.25) is 30.6 Å². The Morgan fingerprint density at radius 3 is 2.41 bits per heavy atom. The zero-order valence-electron chi connectivity index (χ0n) is 16.6. The molecule has 0 unspecified atom stereocenters. The predicted molar refractivity (Wildman–Crippen MR) is 115 cm³/mol. The van der Waals surface area contributed by atoms with Crippen LogP contribution in [0.1, 0.15) is 26.5 Å². The molecule has 0 aliphatic carbocycles. The van der Waals surface area contributed by atoms with Gasteiger partial charge < -0.3 is 9.15 Å². The molecular formula is C23H17N3O6. The summed E-state index contributed by atoms with van der Waals surface area (Å²) >= 11 is 0. The first kappa shape index (κ1) is 20.6. The number of amides is 2. The summed E-state index contributed by atoms with van der Waals surface area (Å²) in [5.41, 5.74) is 5.34. The number of nitro groups is 1. The number of hydrazine groups is 1. The number of para-hydroxylation sites is 2. The molecule has 0 bridgehead atoms. The van der Waals surface area contributed by atoms with Gasteiger partial charge in [-0.2, -0.15) is 0 Å². The SMILES string of the molecule is O=C(NNC(=O)c1oc2ccccc2c1COc1ccccc1)c1cccc([N+](=O)[O-])c1. The summed E-state index contributed by atoms with van der Waals surface area (Å²) in [4.78, 5) is 35.4. The standard InChI is InChI=1S/C23H17N3O6/c27-22(15-7-6-8-16(13-15)26(29)30)24-25-23(28)21-19(14-31-17-9-2-1-3-10-17)18-11-4-5-12-20(18)32-21/h1-13H,14H2,(H,24,27)(H,25,28). The van der Waals surface area contributed by atoms with E-state index in [0.717, 1.165) is 6.07 Å². The van der Waals surface area contributed by atoms with E-state index in [4.69, 9.17) is 9.15 Å². The number of fused-ring (bicyclic) bond motifs is 1. The maximum Gasteiger partial charge on any atom is 0.305 e. The third-order valence-corrected chi connectivity index (χ3v) is 4.64. The lowest BCUT2D eigenvalue weighted by Gasteiger charge is -2.09. The molecule has 0 aliphatic heterocycles. The number of nitro benzene ring substituents is 1. The Morgan fingerprint density at radius 1 is 0.906 bits per heavy atom. The Kier molecular flexibility index (Phi) is 5.80. The van der Waals surface area contributed by atoms with Crippen LogP contribution in [0.5, 0.6) is 5.75 Å². The van der Waals surface area contributed by atoms with Crippen LogP contribution < -0.4 is 15.6 Å². The van der Waals surface area contributed by atoms with Crippen molar-refractivity contribution in [1.82, 2.24) is 10.9 Å². The Labute approximate surface area is 181 Å². The Morgan fingerprint density at radius 2 is 1.62 bits per heavy atom. The summed E-state index contributed by atoms with van der Waals surface area (Å²) in [7, 11) is 0. The second-order valence-electron chi connectivity index (χ2n) is 6.72. The zero-order valence-corrected chi connectivity index (χ0v) is 16.6. The van der Waals surface area contributed by atoms with Crippen molar-refractivity contribution < 1.29 is 23.7 Å². The third kappa shape index (κ3) is 4.41. The van der Waals surface area contributed by atoms with Gasteiger partial charge >= 0.3 is 5.91 Å². The highest BCUT2D eigenvalue weighted by molar-refractivity contribution is 6.01. The molecule has 0 saturated heterocycles. The lowest BCUT2D eigenvalue weighted by atomic mass is 10.1. The quantitative estimate of drug-likeness (QED) is 0.351. The Bertz CT molecular complexity index is 1300. The summed E-state index contributed by atoms with van der Waals surface area (Å²) in [5.74, 6) is -0.781. The van der Waals surface area contributed by atoms with Crippen molar-refractivity contribution in [1.29, 1.82) is 0 Å². The molecular weight excluding hydrogens is 414 g/mol. The van der Waals surface area contributed by atoms with Gasteiger partial charge in [-0.25, -0.2) is 0 Å². The molecule has 1 aromatic heterocycles. The molecule has 4 rings (SSSR count). The first-order valence-electron chi connectivity index (χ1n) is 9.56. The van der Waals surface area contributed by atoms with Crippen molar-refractivity contribution in [3.63, 3.8) is 0 Å². The molecule has 160 valence electrons. The van der Waals surface area contributed by atoms with Crippen LogP contribution in [0.15, 0.2) is 83.3 Å². The minimum atomic E-state index is -0.708. The average molecular weight is 431 g/mol. The minimum Gasteiger partial charge on any atom is -0.489 e. The van der Waals surface area contributed by atoms with Crippen LogP contribution in [0.25, 0.3) is 11.0 Å². The molecule has 4 aromatic rings. The van der Waals surface area contributed by atoms with Crippen LogP contribution in [-0.2, 0) is 6.61 Å². The normalized spacial score (nSPS) is 10.5. The molecule has 2 amide bonds. The smallest absolute Gasteiger partial charge is 0.305 e. The molecule has 0 fully saturated rings. The van der Waals surface area contributed by atoms with Gasteiger partial charge in [-0.15, -0.1) is 0 Å². The third-order valence-electron chi connectivity index (χ3n) is 4.64. The van der Waals surface area contributed by atoms with E-state index in [2.05, 4.69) is 10.9 Å². The fraction of sp³-hybridized carbons (Fsp3) is 0.0435. The number of carbonyl (C=O) groups is 2. The number of hydrogen-bond acceptors (Lipinski definition) is 6. The second-order valence-corrected chi connectivity index (χ2v) is 6.72. The molecule has 0 saturated carbocycles. The maximum atomic E-state index is 12.8. The molecule has 1 heterocycles. The minimum absolute atomic E-state index is 0.0125. The van der Waals surface area contributed by atoms with E-state index in [1.165, 1.54) is 18.2 Å². The summed E-state index contributed by atoms with van der Waals surface area (Å²) in [6.07, 6.45) is 0. The number of carbonyl (C=O) groups excluding carboxylic acids is 2. The van der Waals surface area contributed by atoms with E-state index in [0.29, 0.717) is 22.3 Å². The number of nitrogens with one attached hydrogen (secondary N) is 2. The van der Waals surface area contributed by atoms with Crippen LogP contribution in [0, 0.1) is 10.1 Å². The number of ether oxygens (including phenoxy) is 1. The summed E-state index contributed by atoms with van der Waals surface area (Å²) < 4.78 is 11.5. The summed E-state index contributed by atoms with van der Waals surface area (Å²) in [5, 5.41) is 11.6. The lowest BCUT2D eigenvalue weighted by Crippen LogP contribution is -2.41. The molecule has 2 N–H and O–H groups in total. The van der Waals surface area contributed by atoms with E-state index in [1.807, 2.05) is 24.3 Å². The molecule has 3 aromatic carbocycles. The van der Waals surface area contributed by atoms with Gasteiger partial charge in [0.05, 0.1) is 4.92 Å². The van der Waals surface area contributed by atoms with Gasteiger partial charge in [0.25, 0.3) is 11.6 Å². The topological polar surface area (TPSA) is 124 Å². The molecule has 0 atom stereocenters. The monoisotopic (exact) mass is 431 g/mol. The van der Waals surface area contributed by atoms with Gasteiger partial charge in [0.1, 0.15) is 17.9 Å². The van der Waals surface area contributed by atoms with Gasteiger partial charge in [0, 0.05) is 28.6 Å². The average Bonchev–Trinajstić information content (AvgIpc) is 3.20. The fourth-order valence-corrected chi connectivity index (χ4v) is 3.10. The van der Waals surface area contributed by atoms with Crippen molar-refractivity contribution in [2.75, 3.05) is 0 Å². The summed E-state index contributed by atoms with van der Waals surface area (Å²) in [6.45, 7) is 0.0720. The number of benzene rings is 3. The van der Waals surface area contributed by atoms with Crippen LogP contribution in [0.3, 0.4) is 0 Å². The number of rotatable bonds is 6. The summed E-state index contributed by atoms with van der Waals surface area (Å²) in [6, 6.07) is 21.4. The Balaban J connectivity index is 1.52. The van der Waals surface area contributed by atoms with E-state index in [-0.39, 0.29) is 23.6 Å². The van der Waals surface area contributed by atoms with E-state index < -0.39 is 16.7 Å². The Hall–Kier alpha value is -4.66. The molecule has 0 spiro atoms. The highest BCUT2D eigenvalue weighted by Crippen LogP contribution is 2.27. The number of nitrogens with zero attached hydrogens (tertiary/aromatic N) is 1. The first-order valence-corrected chi connectivity index (χ1v) is 9.56.